The van der Waals surface area contributed by atoms with E-state index in [-0.39, 0.29) is 11.5 Å². The molecule has 2 N–H and O–H groups in total. The minimum atomic E-state index is 0.185. The van der Waals surface area contributed by atoms with Gasteiger partial charge in [-0.2, -0.15) is 0 Å². The SMILES string of the molecule is COC1CC(n2c(C)cc3c2CC(C)(C)CC3N)C1(C)C. The zero-order valence-electron chi connectivity index (χ0n) is 14.4. The summed E-state index contributed by atoms with van der Waals surface area (Å²) < 4.78 is 8.21. The number of aryl methyl sites for hydroxylation is 1. The lowest BCUT2D eigenvalue weighted by atomic mass is 9.64. The lowest BCUT2D eigenvalue weighted by Crippen LogP contribution is -2.51. The van der Waals surface area contributed by atoms with Crippen LogP contribution in [0.3, 0.4) is 0 Å². The van der Waals surface area contributed by atoms with E-state index in [9.17, 15) is 0 Å². The maximum atomic E-state index is 6.45. The minimum absolute atomic E-state index is 0.185. The second-order valence-corrected chi connectivity index (χ2v) is 8.51. The molecule has 0 bridgehead atoms. The van der Waals surface area contributed by atoms with Gasteiger partial charge in [-0.1, -0.05) is 27.7 Å². The zero-order chi connectivity index (χ0) is 15.6. The van der Waals surface area contributed by atoms with Crippen LogP contribution in [0.1, 0.15) is 69.6 Å². The van der Waals surface area contributed by atoms with Gasteiger partial charge >= 0.3 is 0 Å². The molecule has 3 rings (SSSR count). The summed E-state index contributed by atoms with van der Waals surface area (Å²) in [5.74, 6) is 0. The zero-order valence-corrected chi connectivity index (χ0v) is 14.4. The normalized spacial score (nSPS) is 33.4. The van der Waals surface area contributed by atoms with Crippen LogP contribution in [0.25, 0.3) is 0 Å². The van der Waals surface area contributed by atoms with Crippen molar-refractivity contribution in [2.45, 2.75) is 72.1 Å². The van der Waals surface area contributed by atoms with Gasteiger partial charge in [-0.25, -0.2) is 0 Å². The van der Waals surface area contributed by atoms with Crippen molar-refractivity contribution in [3.63, 3.8) is 0 Å². The van der Waals surface area contributed by atoms with E-state index in [1.54, 1.807) is 0 Å². The predicted molar refractivity (Wildman–Crippen MR) is 86.4 cm³/mol. The summed E-state index contributed by atoms with van der Waals surface area (Å²) in [5.41, 5.74) is 11.2. The van der Waals surface area contributed by atoms with E-state index in [0.717, 1.165) is 19.3 Å². The van der Waals surface area contributed by atoms with E-state index in [2.05, 4.69) is 45.3 Å². The van der Waals surface area contributed by atoms with E-state index in [1.165, 1.54) is 17.0 Å². The Hall–Kier alpha value is -0.800. The smallest absolute Gasteiger partial charge is 0.0662 e. The van der Waals surface area contributed by atoms with Gasteiger partial charge in [0.05, 0.1) is 6.10 Å². The standard InChI is InChI=1S/C18H30N2O/c1-11-7-12-13(19)9-17(2,3)10-14(12)20(11)15-8-16(21-6)18(15,4)5/h7,13,15-16H,8-10,19H2,1-6H3. The third-order valence-corrected chi connectivity index (χ3v) is 5.91. The molecule has 3 heteroatoms. The molecular formula is C18H30N2O. The Morgan fingerprint density at radius 2 is 1.95 bits per heavy atom. The Morgan fingerprint density at radius 3 is 2.52 bits per heavy atom. The molecule has 1 fully saturated rings. The van der Waals surface area contributed by atoms with Crippen LogP contribution in [0.5, 0.6) is 0 Å². The summed E-state index contributed by atoms with van der Waals surface area (Å²) >= 11 is 0. The van der Waals surface area contributed by atoms with Crippen LogP contribution in [0.4, 0.5) is 0 Å². The molecule has 1 saturated carbocycles. The Kier molecular flexibility index (Phi) is 3.31. The first-order valence-electron chi connectivity index (χ1n) is 8.16. The van der Waals surface area contributed by atoms with Gasteiger partial charge in [0.2, 0.25) is 0 Å². The molecule has 0 spiro atoms. The lowest BCUT2D eigenvalue weighted by Gasteiger charge is -2.53. The van der Waals surface area contributed by atoms with Gasteiger partial charge in [0.15, 0.2) is 0 Å². The summed E-state index contributed by atoms with van der Waals surface area (Å²) in [6.07, 6.45) is 3.69. The van der Waals surface area contributed by atoms with Gasteiger partial charge in [-0.15, -0.1) is 0 Å². The Labute approximate surface area is 128 Å². The van der Waals surface area contributed by atoms with Gasteiger partial charge in [-0.3, -0.25) is 0 Å². The first-order chi connectivity index (χ1) is 9.67. The first-order valence-corrected chi connectivity index (χ1v) is 8.16. The van der Waals surface area contributed by atoms with Crippen molar-refractivity contribution in [1.29, 1.82) is 0 Å². The van der Waals surface area contributed by atoms with Gasteiger partial charge in [0.25, 0.3) is 0 Å². The van der Waals surface area contributed by atoms with E-state index in [0.29, 0.717) is 17.6 Å². The van der Waals surface area contributed by atoms with Gasteiger partial charge in [0.1, 0.15) is 0 Å². The van der Waals surface area contributed by atoms with Crippen molar-refractivity contribution in [3.8, 4) is 0 Å². The maximum Gasteiger partial charge on any atom is 0.0662 e. The minimum Gasteiger partial charge on any atom is -0.381 e. The van der Waals surface area contributed by atoms with Crippen molar-refractivity contribution >= 4 is 0 Å². The number of methoxy groups -OCH3 is 1. The molecule has 1 aromatic heterocycles. The predicted octanol–water partition coefficient (Wildman–Crippen LogP) is 3.75. The van der Waals surface area contributed by atoms with Crippen LogP contribution >= 0.6 is 0 Å². The molecule has 1 aromatic rings. The second kappa shape index (κ2) is 4.60. The molecule has 0 radical (unpaired) electrons. The second-order valence-electron chi connectivity index (χ2n) is 8.51. The Balaban J connectivity index is 2.02. The third-order valence-electron chi connectivity index (χ3n) is 5.91. The molecule has 0 saturated heterocycles. The number of hydrogen-bond donors (Lipinski definition) is 1. The van der Waals surface area contributed by atoms with Crippen LogP contribution in [-0.4, -0.2) is 17.8 Å². The van der Waals surface area contributed by atoms with Crippen LogP contribution < -0.4 is 5.73 Å². The van der Waals surface area contributed by atoms with Crippen molar-refractivity contribution in [1.82, 2.24) is 4.57 Å². The number of ether oxygens (including phenoxy) is 1. The highest BCUT2D eigenvalue weighted by Crippen LogP contribution is 2.53. The van der Waals surface area contributed by atoms with Gasteiger partial charge in [-0.05, 0) is 43.2 Å². The van der Waals surface area contributed by atoms with E-state index in [1.807, 2.05) is 7.11 Å². The van der Waals surface area contributed by atoms with Gasteiger partial charge in [0, 0.05) is 36.0 Å². The molecular weight excluding hydrogens is 260 g/mol. The molecule has 118 valence electrons. The topological polar surface area (TPSA) is 40.2 Å². The number of aromatic nitrogens is 1. The molecule has 0 amide bonds. The summed E-state index contributed by atoms with van der Waals surface area (Å²) in [5, 5.41) is 0. The average Bonchev–Trinajstić information content (AvgIpc) is 2.65. The van der Waals surface area contributed by atoms with E-state index >= 15 is 0 Å². The molecule has 21 heavy (non-hydrogen) atoms. The average molecular weight is 290 g/mol. The molecule has 3 unspecified atom stereocenters. The van der Waals surface area contributed by atoms with Crippen molar-refractivity contribution in [3.05, 3.63) is 23.0 Å². The molecule has 1 heterocycles. The lowest BCUT2D eigenvalue weighted by molar-refractivity contribution is -0.114. The molecule has 3 nitrogen and oxygen atoms in total. The fraction of sp³-hybridized carbons (Fsp3) is 0.778. The number of nitrogens with zero attached hydrogens (tertiary/aromatic N) is 1. The monoisotopic (exact) mass is 290 g/mol. The number of nitrogens with two attached hydrogens (primary N) is 1. The molecule has 0 aromatic carbocycles. The van der Waals surface area contributed by atoms with Crippen molar-refractivity contribution in [2.24, 2.45) is 16.6 Å². The maximum absolute atomic E-state index is 6.45. The quantitative estimate of drug-likeness (QED) is 0.901. The number of fused-ring (bicyclic) bond motifs is 1. The first kappa shape index (κ1) is 15.1. The number of hydrogen-bond acceptors (Lipinski definition) is 2. The number of rotatable bonds is 2. The van der Waals surface area contributed by atoms with Crippen LogP contribution in [0.15, 0.2) is 6.07 Å². The Bertz CT molecular complexity index is 556. The van der Waals surface area contributed by atoms with E-state index in [4.69, 9.17) is 10.5 Å². The fourth-order valence-electron chi connectivity index (χ4n) is 4.61. The highest BCUT2D eigenvalue weighted by molar-refractivity contribution is 5.35. The van der Waals surface area contributed by atoms with Crippen LogP contribution in [0.2, 0.25) is 0 Å². The highest BCUT2D eigenvalue weighted by Gasteiger charge is 2.51. The van der Waals surface area contributed by atoms with Gasteiger partial charge < -0.3 is 15.0 Å². The Morgan fingerprint density at radius 1 is 1.29 bits per heavy atom. The molecule has 2 aliphatic rings. The van der Waals surface area contributed by atoms with Crippen molar-refractivity contribution in [2.75, 3.05) is 7.11 Å². The molecule has 2 aliphatic carbocycles. The van der Waals surface area contributed by atoms with Crippen LogP contribution in [-0.2, 0) is 11.2 Å². The third kappa shape index (κ3) is 2.17. The molecule has 3 atom stereocenters. The fourth-order valence-corrected chi connectivity index (χ4v) is 4.61. The van der Waals surface area contributed by atoms with E-state index < -0.39 is 0 Å². The van der Waals surface area contributed by atoms with Crippen molar-refractivity contribution < 1.29 is 4.74 Å². The largest absolute Gasteiger partial charge is 0.381 e. The summed E-state index contributed by atoms with van der Waals surface area (Å²) in [6.45, 7) is 11.6. The molecule has 0 aliphatic heterocycles. The highest BCUT2D eigenvalue weighted by atomic mass is 16.5. The summed E-state index contributed by atoms with van der Waals surface area (Å²) in [4.78, 5) is 0. The summed E-state index contributed by atoms with van der Waals surface area (Å²) in [7, 11) is 1.83. The summed E-state index contributed by atoms with van der Waals surface area (Å²) in [6, 6.07) is 3.04. The van der Waals surface area contributed by atoms with Crippen LogP contribution in [0, 0.1) is 17.8 Å².